The van der Waals surface area contributed by atoms with E-state index in [0.29, 0.717) is 10.6 Å². The molecule has 0 heterocycles. The number of carbonyl (C=O) groups excluding carboxylic acids is 1. The van der Waals surface area contributed by atoms with Gasteiger partial charge in [0.25, 0.3) is 5.69 Å². The van der Waals surface area contributed by atoms with E-state index < -0.39 is 22.8 Å². The van der Waals surface area contributed by atoms with E-state index in [9.17, 15) is 19.7 Å². The number of amides is 1. The summed E-state index contributed by atoms with van der Waals surface area (Å²) < 4.78 is 4.96. The molecule has 1 aromatic carbocycles. The third-order valence-corrected chi connectivity index (χ3v) is 3.47. The van der Waals surface area contributed by atoms with Crippen molar-refractivity contribution in [1.29, 1.82) is 0 Å². The Balaban J connectivity index is 2.86. The van der Waals surface area contributed by atoms with Crippen molar-refractivity contribution in [3.8, 4) is 5.75 Å². The minimum Gasteiger partial charge on any atom is -0.496 e. The van der Waals surface area contributed by atoms with E-state index in [0.717, 1.165) is 11.8 Å². The van der Waals surface area contributed by atoms with Gasteiger partial charge in [-0.1, -0.05) is 0 Å². The van der Waals surface area contributed by atoms with Gasteiger partial charge in [-0.25, -0.2) is 4.79 Å². The van der Waals surface area contributed by atoms with Crippen LogP contribution in [-0.4, -0.2) is 40.8 Å². The fourth-order valence-corrected chi connectivity index (χ4v) is 2.45. The van der Waals surface area contributed by atoms with E-state index in [1.165, 1.54) is 26.2 Å². The maximum Gasteiger partial charge on any atom is 0.327 e. The second-order valence-electron chi connectivity index (χ2n) is 4.03. The summed E-state index contributed by atoms with van der Waals surface area (Å²) in [6.07, 6.45) is 0. The van der Waals surface area contributed by atoms with Gasteiger partial charge >= 0.3 is 5.97 Å². The third-order valence-electron chi connectivity index (χ3n) is 2.40. The van der Waals surface area contributed by atoms with Gasteiger partial charge in [0.05, 0.1) is 18.1 Å². The number of rotatable bonds is 7. The highest BCUT2D eigenvalue weighted by atomic mass is 32.2. The van der Waals surface area contributed by atoms with Crippen molar-refractivity contribution in [3.63, 3.8) is 0 Å². The van der Waals surface area contributed by atoms with Crippen molar-refractivity contribution >= 4 is 29.3 Å². The minimum absolute atomic E-state index is 0.0409. The predicted molar refractivity (Wildman–Crippen MR) is 75.6 cm³/mol. The summed E-state index contributed by atoms with van der Waals surface area (Å²) >= 11 is 1.08. The molecule has 0 bridgehead atoms. The molecule has 0 radical (unpaired) electrons. The molecule has 1 unspecified atom stereocenters. The lowest BCUT2D eigenvalue weighted by Gasteiger charge is -2.13. The minimum atomic E-state index is -1.17. The number of aliphatic carboxylic acids is 1. The van der Waals surface area contributed by atoms with E-state index in [1.54, 1.807) is 6.07 Å². The van der Waals surface area contributed by atoms with Gasteiger partial charge in [0.1, 0.15) is 11.8 Å². The standard InChI is InChI=1S/C12H14N2O6S/c1-7(15)13-11(12(16)17)6-21-10-4-8(14(18)19)3-9(5-10)20-2/h3-5,11H,6H2,1-2H3,(H,13,15)(H,16,17). The Bertz CT molecular complexity index is 563. The first-order valence-electron chi connectivity index (χ1n) is 5.79. The van der Waals surface area contributed by atoms with E-state index >= 15 is 0 Å². The van der Waals surface area contributed by atoms with Crippen LogP contribution in [0.4, 0.5) is 5.69 Å². The maximum atomic E-state index is 11.0. The quantitative estimate of drug-likeness (QED) is 0.442. The smallest absolute Gasteiger partial charge is 0.327 e. The second-order valence-corrected chi connectivity index (χ2v) is 5.12. The molecule has 1 amide bonds. The number of hydrogen-bond acceptors (Lipinski definition) is 6. The Morgan fingerprint density at radius 3 is 2.62 bits per heavy atom. The molecule has 0 aliphatic carbocycles. The van der Waals surface area contributed by atoms with Gasteiger partial charge in [0.2, 0.25) is 5.91 Å². The number of benzene rings is 1. The molecule has 2 N–H and O–H groups in total. The Morgan fingerprint density at radius 2 is 2.14 bits per heavy atom. The fourth-order valence-electron chi connectivity index (χ4n) is 1.46. The molecule has 0 spiro atoms. The molecule has 0 aliphatic heterocycles. The molecule has 114 valence electrons. The monoisotopic (exact) mass is 314 g/mol. The van der Waals surface area contributed by atoms with Gasteiger partial charge in [-0.15, -0.1) is 11.8 Å². The lowest BCUT2D eigenvalue weighted by Crippen LogP contribution is -2.41. The zero-order valence-electron chi connectivity index (χ0n) is 11.4. The lowest BCUT2D eigenvalue weighted by molar-refractivity contribution is -0.385. The summed E-state index contributed by atoms with van der Waals surface area (Å²) in [4.78, 5) is 32.6. The first kappa shape index (κ1) is 16.8. The van der Waals surface area contributed by atoms with Crippen molar-refractivity contribution in [3.05, 3.63) is 28.3 Å². The van der Waals surface area contributed by atoms with E-state index in [-0.39, 0.29) is 11.4 Å². The number of carbonyl (C=O) groups is 2. The number of nitro groups is 1. The Hall–Kier alpha value is -2.29. The molecular formula is C12H14N2O6S. The van der Waals surface area contributed by atoms with Crippen LogP contribution in [0.15, 0.2) is 23.1 Å². The topological polar surface area (TPSA) is 119 Å². The Kier molecular flexibility index (Phi) is 5.97. The predicted octanol–water partition coefficient (Wildman–Crippen LogP) is 1.28. The lowest BCUT2D eigenvalue weighted by atomic mass is 10.3. The molecule has 0 aromatic heterocycles. The molecule has 1 rings (SSSR count). The van der Waals surface area contributed by atoms with Gasteiger partial charge in [-0.3, -0.25) is 14.9 Å². The molecule has 8 nitrogen and oxygen atoms in total. The number of non-ortho nitro benzene ring substituents is 1. The van der Waals surface area contributed by atoms with Crippen molar-refractivity contribution in [2.75, 3.05) is 12.9 Å². The number of carboxylic acids is 1. The van der Waals surface area contributed by atoms with Crippen LogP contribution in [-0.2, 0) is 9.59 Å². The Morgan fingerprint density at radius 1 is 1.48 bits per heavy atom. The SMILES string of the molecule is COc1cc(SCC(NC(C)=O)C(=O)O)cc([N+](=O)[O-])c1. The normalized spacial score (nSPS) is 11.5. The van der Waals surface area contributed by atoms with Gasteiger partial charge < -0.3 is 15.2 Å². The summed E-state index contributed by atoms with van der Waals surface area (Å²) in [6, 6.07) is 3.08. The largest absolute Gasteiger partial charge is 0.496 e. The average molecular weight is 314 g/mol. The van der Waals surface area contributed by atoms with Crippen molar-refractivity contribution < 1.29 is 24.4 Å². The molecule has 9 heteroatoms. The third kappa shape index (κ3) is 5.30. The molecule has 1 aromatic rings. The van der Waals surface area contributed by atoms with E-state index in [1.807, 2.05) is 0 Å². The number of nitrogens with one attached hydrogen (secondary N) is 1. The fraction of sp³-hybridized carbons (Fsp3) is 0.333. The van der Waals surface area contributed by atoms with Crippen LogP contribution in [0, 0.1) is 10.1 Å². The van der Waals surface area contributed by atoms with Crippen LogP contribution in [0.5, 0.6) is 5.75 Å². The molecule has 1 atom stereocenters. The summed E-state index contributed by atoms with van der Waals surface area (Å²) in [5.74, 6) is -1.29. The maximum absolute atomic E-state index is 11.0. The highest BCUT2D eigenvalue weighted by Crippen LogP contribution is 2.29. The molecule has 0 saturated carbocycles. The van der Waals surface area contributed by atoms with Gasteiger partial charge in [-0.05, 0) is 6.07 Å². The molecule has 0 fully saturated rings. The molecule has 0 saturated heterocycles. The number of methoxy groups -OCH3 is 1. The summed E-state index contributed by atoms with van der Waals surface area (Å²) in [5, 5.41) is 22.1. The highest BCUT2D eigenvalue weighted by Gasteiger charge is 2.19. The average Bonchev–Trinajstić information content (AvgIpc) is 2.42. The first-order chi connectivity index (χ1) is 9.83. The van der Waals surface area contributed by atoms with Crippen molar-refractivity contribution in [2.45, 2.75) is 17.9 Å². The number of nitro benzene ring substituents is 1. The van der Waals surface area contributed by atoms with Crippen molar-refractivity contribution in [2.24, 2.45) is 0 Å². The van der Waals surface area contributed by atoms with Crippen LogP contribution in [0.2, 0.25) is 0 Å². The molecular weight excluding hydrogens is 300 g/mol. The summed E-state index contributed by atoms with van der Waals surface area (Å²) in [5.41, 5.74) is -0.150. The van der Waals surface area contributed by atoms with Gasteiger partial charge in [0.15, 0.2) is 0 Å². The van der Waals surface area contributed by atoms with E-state index in [4.69, 9.17) is 9.84 Å². The van der Waals surface area contributed by atoms with Crippen LogP contribution in [0.3, 0.4) is 0 Å². The number of thioether (sulfide) groups is 1. The van der Waals surface area contributed by atoms with Crippen LogP contribution >= 0.6 is 11.8 Å². The number of nitrogens with zero attached hydrogens (tertiary/aromatic N) is 1. The Labute approximate surface area is 124 Å². The molecule has 0 aliphatic rings. The number of carboxylic acid groups (broad SMARTS) is 1. The summed E-state index contributed by atoms with van der Waals surface area (Å²) in [7, 11) is 1.38. The van der Waals surface area contributed by atoms with Crippen LogP contribution < -0.4 is 10.1 Å². The van der Waals surface area contributed by atoms with Crippen LogP contribution in [0.1, 0.15) is 6.92 Å². The zero-order valence-corrected chi connectivity index (χ0v) is 12.2. The molecule has 21 heavy (non-hydrogen) atoms. The summed E-state index contributed by atoms with van der Waals surface area (Å²) in [6.45, 7) is 1.22. The van der Waals surface area contributed by atoms with Crippen LogP contribution in [0.25, 0.3) is 0 Å². The van der Waals surface area contributed by atoms with Crippen molar-refractivity contribution in [1.82, 2.24) is 5.32 Å². The van der Waals surface area contributed by atoms with Gasteiger partial charge in [-0.2, -0.15) is 0 Å². The highest BCUT2D eigenvalue weighted by molar-refractivity contribution is 7.99. The zero-order chi connectivity index (χ0) is 16.0. The van der Waals surface area contributed by atoms with E-state index in [2.05, 4.69) is 5.32 Å². The number of ether oxygens (including phenoxy) is 1. The number of hydrogen-bond donors (Lipinski definition) is 2. The first-order valence-corrected chi connectivity index (χ1v) is 6.78. The van der Waals surface area contributed by atoms with Gasteiger partial charge in [0, 0.05) is 23.6 Å². The second kappa shape index (κ2) is 7.48.